The predicted octanol–water partition coefficient (Wildman–Crippen LogP) is 4.58. The Labute approximate surface area is 170 Å². The first-order chi connectivity index (χ1) is 13.0. The molecule has 3 aromatic rings. The number of carbonyl (C=O) groups excluding carboxylic acids is 1. The summed E-state index contributed by atoms with van der Waals surface area (Å²) < 4.78 is 6.65. The molecule has 0 radical (unpaired) electrons. The van der Waals surface area contributed by atoms with Gasteiger partial charge < -0.3 is 4.74 Å². The Bertz CT molecular complexity index is 940. The van der Waals surface area contributed by atoms with Crippen LogP contribution in [0.1, 0.15) is 21.7 Å². The van der Waals surface area contributed by atoms with Gasteiger partial charge in [-0.2, -0.15) is 0 Å². The van der Waals surface area contributed by atoms with Crippen molar-refractivity contribution in [3.8, 4) is 5.75 Å². The lowest BCUT2D eigenvalue weighted by atomic mass is 10.2. The van der Waals surface area contributed by atoms with Crippen molar-refractivity contribution in [2.45, 2.75) is 17.8 Å². The third-order valence-corrected chi connectivity index (χ3v) is 5.25. The number of hydrogen-bond donors (Lipinski definition) is 1. The molecule has 140 valence electrons. The summed E-state index contributed by atoms with van der Waals surface area (Å²) in [6.45, 7) is 1.76. The fourth-order valence-electron chi connectivity index (χ4n) is 2.34. The van der Waals surface area contributed by atoms with E-state index in [1.54, 1.807) is 11.6 Å². The molecule has 0 bridgehead atoms. The number of halogens is 2. The first-order valence-corrected chi connectivity index (χ1v) is 9.67. The lowest BCUT2D eigenvalue weighted by Crippen LogP contribution is -2.24. The minimum absolute atomic E-state index is 0.259. The molecule has 9 heteroatoms. The van der Waals surface area contributed by atoms with Gasteiger partial charge in [0.1, 0.15) is 5.82 Å². The smallest absolute Gasteiger partial charge is 0.270 e. The van der Waals surface area contributed by atoms with Gasteiger partial charge in [0.05, 0.1) is 17.2 Å². The van der Waals surface area contributed by atoms with Crippen molar-refractivity contribution in [2.75, 3.05) is 12.5 Å². The Balaban J connectivity index is 1.77. The number of nitrogens with zero attached hydrogens (tertiary/aromatic N) is 3. The molecule has 0 fully saturated rings. The van der Waals surface area contributed by atoms with Gasteiger partial charge >= 0.3 is 0 Å². The summed E-state index contributed by atoms with van der Waals surface area (Å²) in [6, 6.07) is 13.0. The molecule has 1 aromatic heterocycles. The molecule has 6 nitrogen and oxygen atoms in total. The van der Waals surface area contributed by atoms with Gasteiger partial charge in [-0.1, -0.05) is 65.3 Å². The van der Waals surface area contributed by atoms with E-state index in [4.69, 9.17) is 27.9 Å². The molecule has 0 spiro atoms. The van der Waals surface area contributed by atoms with Crippen LogP contribution >= 0.6 is 35.0 Å². The standard InChI is InChI=1S/C18H16Cl2N4O2S/c1-11-21-22-18(27-10-12-6-4-3-5-7-12)24(11)23-17(25)13-8-14(19)16(26-2)15(20)9-13/h3-9H,10H2,1-2H3,(H,23,25). The van der Waals surface area contributed by atoms with Gasteiger partial charge in [-0.25, -0.2) is 4.68 Å². The molecule has 0 unspecified atom stereocenters. The SMILES string of the molecule is COc1c(Cl)cc(C(=O)Nn2c(C)nnc2SCc2ccccc2)cc1Cl. The van der Waals surface area contributed by atoms with E-state index in [0.717, 1.165) is 5.56 Å². The summed E-state index contributed by atoms with van der Waals surface area (Å²) in [5.74, 6) is 1.21. The zero-order valence-electron chi connectivity index (χ0n) is 14.6. The average Bonchev–Trinajstić information content (AvgIpc) is 3.00. The number of methoxy groups -OCH3 is 1. The van der Waals surface area contributed by atoms with Crippen LogP contribution in [-0.4, -0.2) is 27.9 Å². The van der Waals surface area contributed by atoms with Crippen LogP contribution in [-0.2, 0) is 5.75 Å². The topological polar surface area (TPSA) is 69.0 Å². The average molecular weight is 423 g/mol. The lowest BCUT2D eigenvalue weighted by Gasteiger charge is -2.12. The zero-order valence-corrected chi connectivity index (χ0v) is 16.9. The fourth-order valence-corrected chi connectivity index (χ4v) is 3.87. The highest BCUT2D eigenvalue weighted by molar-refractivity contribution is 7.98. The number of aromatic nitrogens is 3. The van der Waals surface area contributed by atoms with E-state index in [9.17, 15) is 4.79 Å². The third kappa shape index (κ3) is 4.55. The molecule has 1 heterocycles. The minimum Gasteiger partial charge on any atom is -0.494 e. The number of benzene rings is 2. The van der Waals surface area contributed by atoms with Gasteiger partial charge in [0, 0.05) is 11.3 Å². The minimum atomic E-state index is -0.383. The fraction of sp³-hybridized carbons (Fsp3) is 0.167. The Hall–Kier alpha value is -2.22. The summed E-state index contributed by atoms with van der Waals surface area (Å²) in [5.41, 5.74) is 4.23. The summed E-state index contributed by atoms with van der Waals surface area (Å²) in [5, 5.41) is 9.27. The van der Waals surface area contributed by atoms with Crippen LogP contribution in [0.25, 0.3) is 0 Å². The molecular weight excluding hydrogens is 407 g/mol. The Kier molecular flexibility index (Phi) is 6.26. The number of nitrogens with one attached hydrogen (secondary N) is 1. The van der Waals surface area contributed by atoms with Crippen LogP contribution in [0.15, 0.2) is 47.6 Å². The van der Waals surface area contributed by atoms with Gasteiger partial charge in [-0.05, 0) is 24.6 Å². The second kappa shape index (κ2) is 8.65. The first-order valence-electron chi connectivity index (χ1n) is 7.92. The number of aryl methyl sites for hydroxylation is 1. The van der Waals surface area contributed by atoms with Crippen molar-refractivity contribution in [3.05, 3.63) is 69.5 Å². The number of carbonyl (C=O) groups is 1. The van der Waals surface area contributed by atoms with Crippen molar-refractivity contribution < 1.29 is 9.53 Å². The second-order valence-electron chi connectivity index (χ2n) is 5.55. The number of thioether (sulfide) groups is 1. The number of amides is 1. The summed E-state index contributed by atoms with van der Waals surface area (Å²) in [7, 11) is 1.46. The molecule has 0 atom stereocenters. The number of ether oxygens (including phenoxy) is 1. The summed E-state index contributed by atoms with van der Waals surface area (Å²) in [6.07, 6.45) is 0. The van der Waals surface area contributed by atoms with E-state index in [1.807, 2.05) is 30.3 Å². The largest absolute Gasteiger partial charge is 0.494 e. The summed E-state index contributed by atoms with van der Waals surface area (Å²) in [4.78, 5) is 12.6. The lowest BCUT2D eigenvalue weighted by molar-refractivity contribution is 0.100. The highest BCUT2D eigenvalue weighted by atomic mass is 35.5. The quantitative estimate of drug-likeness (QED) is 0.588. The first kappa shape index (κ1) is 19.5. The zero-order chi connectivity index (χ0) is 19.4. The van der Waals surface area contributed by atoms with Crippen LogP contribution in [0, 0.1) is 6.92 Å². The highest BCUT2D eigenvalue weighted by Crippen LogP contribution is 2.34. The van der Waals surface area contributed by atoms with Crippen molar-refractivity contribution in [3.63, 3.8) is 0 Å². The van der Waals surface area contributed by atoms with E-state index in [1.165, 1.54) is 31.0 Å². The highest BCUT2D eigenvalue weighted by Gasteiger charge is 2.17. The molecule has 1 N–H and O–H groups in total. The monoisotopic (exact) mass is 422 g/mol. The Morgan fingerprint density at radius 2 is 1.85 bits per heavy atom. The summed E-state index contributed by atoms with van der Waals surface area (Å²) >= 11 is 13.7. The van der Waals surface area contributed by atoms with Gasteiger partial charge in [0.15, 0.2) is 5.75 Å². The Morgan fingerprint density at radius 3 is 2.48 bits per heavy atom. The molecule has 2 aromatic carbocycles. The molecule has 0 aliphatic carbocycles. The number of rotatable bonds is 6. The van der Waals surface area contributed by atoms with Crippen molar-refractivity contribution in [1.82, 2.24) is 14.9 Å². The van der Waals surface area contributed by atoms with Gasteiger partial charge in [-0.15, -0.1) is 10.2 Å². The second-order valence-corrected chi connectivity index (χ2v) is 7.31. The molecule has 0 aliphatic heterocycles. The van der Waals surface area contributed by atoms with E-state index in [2.05, 4.69) is 15.6 Å². The van der Waals surface area contributed by atoms with Crippen molar-refractivity contribution in [2.24, 2.45) is 0 Å². The van der Waals surface area contributed by atoms with Gasteiger partial charge in [0.25, 0.3) is 5.91 Å². The van der Waals surface area contributed by atoms with Gasteiger partial charge in [0.2, 0.25) is 5.16 Å². The maximum Gasteiger partial charge on any atom is 0.270 e. The molecule has 0 saturated heterocycles. The maximum atomic E-state index is 12.6. The van der Waals surface area contributed by atoms with Crippen molar-refractivity contribution in [1.29, 1.82) is 0 Å². The van der Waals surface area contributed by atoms with E-state index in [0.29, 0.717) is 28.0 Å². The van der Waals surface area contributed by atoms with E-state index in [-0.39, 0.29) is 16.0 Å². The predicted molar refractivity (Wildman–Crippen MR) is 107 cm³/mol. The normalized spacial score (nSPS) is 10.7. The van der Waals surface area contributed by atoms with Crippen LogP contribution in [0.2, 0.25) is 10.0 Å². The Morgan fingerprint density at radius 1 is 1.19 bits per heavy atom. The van der Waals surface area contributed by atoms with Crippen LogP contribution in [0.5, 0.6) is 5.75 Å². The molecule has 1 amide bonds. The molecular formula is C18H16Cl2N4O2S. The third-order valence-electron chi connectivity index (χ3n) is 3.68. The molecule has 3 rings (SSSR count). The van der Waals surface area contributed by atoms with Gasteiger partial charge in [-0.3, -0.25) is 10.2 Å². The van der Waals surface area contributed by atoms with Crippen LogP contribution in [0.3, 0.4) is 0 Å². The molecule has 0 saturated carbocycles. The molecule has 0 aliphatic rings. The van der Waals surface area contributed by atoms with E-state index < -0.39 is 0 Å². The van der Waals surface area contributed by atoms with Crippen LogP contribution < -0.4 is 10.2 Å². The molecule has 27 heavy (non-hydrogen) atoms. The van der Waals surface area contributed by atoms with Crippen molar-refractivity contribution >= 4 is 40.9 Å². The number of hydrogen-bond acceptors (Lipinski definition) is 5. The van der Waals surface area contributed by atoms with E-state index >= 15 is 0 Å². The maximum absolute atomic E-state index is 12.6. The van der Waals surface area contributed by atoms with Crippen LogP contribution in [0.4, 0.5) is 0 Å².